The standard InChI is InChI=1S/C18H22N2O4/c1-18(2,3)24-17(22)20-10-14(15(11-20)16(21)23-4)13-7-5-6-12(8-13)9-19/h5-8,14-15H,10-11H2,1-4H3/t14-,15+/m1/s1. The summed E-state index contributed by atoms with van der Waals surface area (Å²) >= 11 is 0. The van der Waals surface area contributed by atoms with Gasteiger partial charge in [0, 0.05) is 19.0 Å². The van der Waals surface area contributed by atoms with Crippen LogP contribution in [-0.4, -0.2) is 42.8 Å². The van der Waals surface area contributed by atoms with Gasteiger partial charge in [-0.05, 0) is 38.5 Å². The normalized spacial score (nSPS) is 20.4. The second-order valence-corrected chi connectivity index (χ2v) is 6.86. The van der Waals surface area contributed by atoms with Gasteiger partial charge in [0.25, 0.3) is 0 Å². The van der Waals surface area contributed by atoms with E-state index < -0.39 is 17.6 Å². The Morgan fingerprint density at radius 1 is 1.29 bits per heavy atom. The Hall–Kier alpha value is -2.55. The third-order valence-electron chi connectivity index (χ3n) is 3.92. The lowest BCUT2D eigenvalue weighted by atomic mass is 9.88. The molecule has 1 saturated heterocycles. The van der Waals surface area contributed by atoms with E-state index in [1.165, 1.54) is 12.0 Å². The molecular weight excluding hydrogens is 308 g/mol. The van der Waals surface area contributed by atoms with Crippen molar-refractivity contribution in [2.75, 3.05) is 20.2 Å². The first-order valence-corrected chi connectivity index (χ1v) is 7.81. The van der Waals surface area contributed by atoms with Crippen LogP contribution < -0.4 is 0 Å². The van der Waals surface area contributed by atoms with Crippen LogP contribution in [-0.2, 0) is 14.3 Å². The third kappa shape index (κ3) is 4.05. The fraction of sp³-hybridized carbons (Fsp3) is 0.500. The van der Waals surface area contributed by atoms with E-state index in [1.807, 2.05) is 6.07 Å². The molecule has 2 rings (SSSR count). The van der Waals surface area contributed by atoms with Crippen LogP contribution in [0.15, 0.2) is 24.3 Å². The van der Waals surface area contributed by atoms with Crippen molar-refractivity contribution in [2.24, 2.45) is 5.92 Å². The molecule has 0 saturated carbocycles. The lowest BCUT2D eigenvalue weighted by Gasteiger charge is -2.24. The number of nitriles is 1. The number of rotatable bonds is 2. The molecule has 0 radical (unpaired) electrons. The minimum absolute atomic E-state index is 0.224. The Morgan fingerprint density at radius 3 is 2.58 bits per heavy atom. The number of esters is 1. The number of amides is 1. The smallest absolute Gasteiger partial charge is 0.410 e. The van der Waals surface area contributed by atoms with E-state index in [2.05, 4.69) is 6.07 Å². The summed E-state index contributed by atoms with van der Waals surface area (Å²) in [5, 5.41) is 9.07. The molecule has 1 heterocycles. The second-order valence-electron chi connectivity index (χ2n) is 6.86. The summed E-state index contributed by atoms with van der Waals surface area (Å²) in [6.45, 7) is 5.98. The van der Waals surface area contributed by atoms with Gasteiger partial charge in [-0.25, -0.2) is 4.79 Å². The minimum Gasteiger partial charge on any atom is -0.469 e. The summed E-state index contributed by atoms with van der Waals surface area (Å²) in [5.74, 6) is -1.07. The largest absolute Gasteiger partial charge is 0.469 e. The molecule has 0 N–H and O–H groups in total. The molecule has 6 heteroatoms. The minimum atomic E-state index is -0.601. The molecule has 1 fully saturated rings. The van der Waals surface area contributed by atoms with Crippen molar-refractivity contribution in [3.05, 3.63) is 35.4 Å². The van der Waals surface area contributed by atoms with E-state index in [0.717, 1.165) is 5.56 Å². The first kappa shape index (κ1) is 17.8. The van der Waals surface area contributed by atoms with Crippen molar-refractivity contribution in [1.29, 1.82) is 5.26 Å². The van der Waals surface area contributed by atoms with E-state index in [1.54, 1.807) is 39.0 Å². The van der Waals surface area contributed by atoms with Crippen LogP contribution in [0.3, 0.4) is 0 Å². The number of ether oxygens (including phenoxy) is 2. The first-order valence-electron chi connectivity index (χ1n) is 7.81. The Labute approximate surface area is 142 Å². The van der Waals surface area contributed by atoms with E-state index >= 15 is 0 Å². The fourth-order valence-electron chi connectivity index (χ4n) is 2.85. The Kier molecular flexibility index (Phi) is 5.13. The zero-order chi connectivity index (χ0) is 17.9. The van der Waals surface area contributed by atoms with Crippen LogP contribution in [0, 0.1) is 17.2 Å². The Balaban J connectivity index is 2.26. The van der Waals surface area contributed by atoms with E-state index in [4.69, 9.17) is 14.7 Å². The molecule has 2 atom stereocenters. The van der Waals surface area contributed by atoms with E-state index in [0.29, 0.717) is 12.1 Å². The van der Waals surface area contributed by atoms with Gasteiger partial charge < -0.3 is 14.4 Å². The summed E-state index contributed by atoms with van der Waals surface area (Å²) in [6.07, 6.45) is -0.449. The molecule has 1 aromatic rings. The average molecular weight is 330 g/mol. The van der Waals surface area contributed by atoms with E-state index in [-0.39, 0.29) is 18.4 Å². The van der Waals surface area contributed by atoms with Crippen molar-refractivity contribution in [3.8, 4) is 6.07 Å². The van der Waals surface area contributed by atoms with Gasteiger partial charge in [-0.2, -0.15) is 5.26 Å². The molecule has 1 amide bonds. The summed E-state index contributed by atoms with van der Waals surface area (Å²) in [5.41, 5.74) is 0.763. The summed E-state index contributed by atoms with van der Waals surface area (Å²) in [7, 11) is 1.33. The maximum atomic E-state index is 12.3. The van der Waals surface area contributed by atoms with Gasteiger partial charge >= 0.3 is 12.1 Å². The Morgan fingerprint density at radius 2 is 2.00 bits per heavy atom. The monoisotopic (exact) mass is 330 g/mol. The SMILES string of the molecule is COC(=O)[C@H]1CN(C(=O)OC(C)(C)C)C[C@@H]1c1cccc(C#N)c1. The number of benzene rings is 1. The summed E-state index contributed by atoms with van der Waals surface area (Å²) < 4.78 is 10.3. The van der Waals surface area contributed by atoms with Gasteiger partial charge in [0.1, 0.15) is 5.60 Å². The van der Waals surface area contributed by atoms with Crippen LogP contribution in [0.1, 0.15) is 37.8 Å². The third-order valence-corrected chi connectivity index (χ3v) is 3.92. The van der Waals surface area contributed by atoms with Crippen LogP contribution in [0.5, 0.6) is 0 Å². The highest BCUT2D eigenvalue weighted by molar-refractivity contribution is 5.77. The van der Waals surface area contributed by atoms with Crippen LogP contribution >= 0.6 is 0 Å². The zero-order valence-electron chi connectivity index (χ0n) is 14.4. The highest BCUT2D eigenvalue weighted by atomic mass is 16.6. The molecular formula is C18H22N2O4. The highest BCUT2D eigenvalue weighted by Gasteiger charge is 2.42. The molecule has 1 aromatic carbocycles. The number of carbonyl (C=O) groups excluding carboxylic acids is 2. The molecule has 1 aliphatic heterocycles. The zero-order valence-corrected chi connectivity index (χ0v) is 14.4. The summed E-state index contributed by atoms with van der Waals surface area (Å²) in [4.78, 5) is 26.0. The molecule has 0 spiro atoms. The predicted molar refractivity (Wildman–Crippen MR) is 87.2 cm³/mol. The molecule has 0 aromatic heterocycles. The van der Waals surface area contributed by atoms with Crippen molar-refractivity contribution in [2.45, 2.75) is 32.3 Å². The van der Waals surface area contributed by atoms with Gasteiger partial charge in [0.2, 0.25) is 0 Å². The Bertz CT molecular complexity index is 672. The number of likely N-dealkylation sites (tertiary alicyclic amines) is 1. The van der Waals surface area contributed by atoms with Crippen LogP contribution in [0.2, 0.25) is 0 Å². The number of nitrogens with zero attached hydrogens (tertiary/aromatic N) is 2. The lowest BCUT2D eigenvalue weighted by molar-refractivity contribution is -0.145. The van der Waals surface area contributed by atoms with Gasteiger partial charge in [-0.3, -0.25) is 4.79 Å². The van der Waals surface area contributed by atoms with Crippen molar-refractivity contribution < 1.29 is 19.1 Å². The second kappa shape index (κ2) is 6.91. The number of hydrogen-bond donors (Lipinski definition) is 0. The van der Waals surface area contributed by atoms with Gasteiger partial charge in [0.15, 0.2) is 0 Å². The molecule has 24 heavy (non-hydrogen) atoms. The van der Waals surface area contributed by atoms with Crippen molar-refractivity contribution >= 4 is 12.1 Å². The van der Waals surface area contributed by atoms with Gasteiger partial charge in [-0.15, -0.1) is 0 Å². The molecule has 0 aliphatic carbocycles. The topological polar surface area (TPSA) is 79.6 Å². The molecule has 128 valence electrons. The highest BCUT2D eigenvalue weighted by Crippen LogP contribution is 2.34. The lowest BCUT2D eigenvalue weighted by Crippen LogP contribution is -2.36. The van der Waals surface area contributed by atoms with Crippen molar-refractivity contribution in [1.82, 2.24) is 4.90 Å². The number of carbonyl (C=O) groups is 2. The molecule has 0 bridgehead atoms. The predicted octanol–water partition coefficient (Wildman–Crippen LogP) is 2.68. The molecule has 6 nitrogen and oxygen atoms in total. The molecule has 0 unspecified atom stereocenters. The fourth-order valence-corrected chi connectivity index (χ4v) is 2.85. The van der Waals surface area contributed by atoms with E-state index in [9.17, 15) is 9.59 Å². The maximum absolute atomic E-state index is 12.3. The van der Waals surface area contributed by atoms with Gasteiger partial charge in [0.05, 0.1) is 24.7 Å². The quantitative estimate of drug-likeness (QED) is 0.779. The first-order chi connectivity index (χ1) is 11.2. The number of methoxy groups -OCH3 is 1. The summed E-state index contributed by atoms with van der Waals surface area (Å²) in [6, 6.07) is 9.18. The van der Waals surface area contributed by atoms with Gasteiger partial charge in [-0.1, -0.05) is 12.1 Å². The van der Waals surface area contributed by atoms with Crippen LogP contribution in [0.4, 0.5) is 4.79 Å². The molecule has 1 aliphatic rings. The van der Waals surface area contributed by atoms with Crippen molar-refractivity contribution in [3.63, 3.8) is 0 Å². The maximum Gasteiger partial charge on any atom is 0.410 e. The van der Waals surface area contributed by atoms with Crippen LogP contribution in [0.25, 0.3) is 0 Å². The number of hydrogen-bond acceptors (Lipinski definition) is 5. The average Bonchev–Trinajstić information content (AvgIpc) is 2.98.